The summed E-state index contributed by atoms with van der Waals surface area (Å²) < 4.78 is 38.9. The number of anilines is 1. The molecule has 0 aliphatic carbocycles. The molecule has 0 spiro atoms. The summed E-state index contributed by atoms with van der Waals surface area (Å²) in [4.78, 5) is 7.30. The first-order valence-corrected chi connectivity index (χ1v) is 5.59. The van der Waals surface area contributed by atoms with Crippen molar-refractivity contribution in [2.75, 3.05) is 5.73 Å². The molecule has 2 heterocycles. The highest BCUT2D eigenvalue weighted by molar-refractivity contribution is 5.65. The lowest BCUT2D eigenvalue weighted by Gasteiger charge is -2.05. The third kappa shape index (κ3) is 2.04. The maximum Gasteiger partial charge on any atom is 0.435 e. The summed E-state index contributed by atoms with van der Waals surface area (Å²) in [6.45, 7) is 0. The van der Waals surface area contributed by atoms with Crippen molar-refractivity contribution in [3.05, 3.63) is 42.4 Å². The number of hydrogen-bond donors (Lipinski definition) is 1. The number of nitrogens with zero attached hydrogens (tertiary/aromatic N) is 4. The smallest absolute Gasteiger partial charge is 0.399 e. The summed E-state index contributed by atoms with van der Waals surface area (Å²) in [6.07, 6.45) is -2.47. The fourth-order valence-electron chi connectivity index (χ4n) is 1.81. The molecule has 102 valence electrons. The highest BCUT2D eigenvalue weighted by atomic mass is 19.4. The molecule has 0 unspecified atom stereocenters. The average Bonchev–Trinajstić information content (AvgIpc) is 2.80. The van der Waals surface area contributed by atoms with E-state index in [1.165, 1.54) is 10.7 Å². The fourth-order valence-corrected chi connectivity index (χ4v) is 1.81. The van der Waals surface area contributed by atoms with Crippen LogP contribution in [0, 0.1) is 0 Å². The van der Waals surface area contributed by atoms with Crippen molar-refractivity contribution >= 4 is 11.5 Å². The molecule has 8 heteroatoms. The van der Waals surface area contributed by atoms with E-state index in [4.69, 9.17) is 5.73 Å². The van der Waals surface area contributed by atoms with Crippen LogP contribution in [0.5, 0.6) is 0 Å². The maximum absolute atomic E-state index is 12.5. The second-order valence-electron chi connectivity index (χ2n) is 4.12. The Kier molecular flexibility index (Phi) is 2.60. The predicted octanol–water partition coefficient (Wildman–Crippen LogP) is 2.39. The number of fused-ring (bicyclic) bond motifs is 1. The summed E-state index contributed by atoms with van der Waals surface area (Å²) in [7, 11) is 0. The van der Waals surface area contributed by atoms with Crippen molar-refractivity contribution in [1.29, 1.82) is 0 Å². The molecule has 0 amide bonds. The van der Waals surface area contributed by atoms with Crippen LogP contribution in [-0.4, -0.2) is 19.6 Å². The van der Waals surface area contributed by atoms with Gasteiger partial charge in [0.15, 0.2) is 5.69 Å². The van der Waals surface area contributed by atoms with Gasteiger partial charge in [-0.05, 0) is 12.1 Å². The summed E-state index contributed by atoms with van der Waals surface area (Å²) >= 11 is 0. The molecule has 3 rings (SSSR count). The number of hydrogen-bond acceptors (Lipinski definition) is 4. The first-order valence-electron chi connectivity index (χ1n) is 5.59. The molecule has 0 atom stereocenters. The fraction of sp³-hybridized carbons (Fsp3) is 0.0833. The van der Waals surface area contributed by atoms with Gasteiger partial charge in [0.2, 0.25) is 0 Å². The minimum Gasteiger partial charge on any atom is -0.399 e. The second-order valence-corrected chi connectivity index (χ2v) is 4.12. The molecule has 5 nitrogen and oxygen atoms in total. The van der Waals surface area contributed by atoms with Gasteiger partial charge in [0.05, 0.1) is 18.1 Å². The Labute approximate surface area is 110 Å². The van der Waals surface area contributed by atoms with E-state index in [1.807, 2.05) is 0 Å². The summed E-state index contributed by atoms with van der Waals surface area (Å²) in [5.41, 5.74) is 6.36. The van der Waals surface area contributed by atoms with Crippen LogP contribution in [0.4, 0.5) is 18.9 Å². The van der Waals surface area contributed by atoms with Gasteiger partial charge in [0.25, 0.3) is 5.78 Å². The van der Waals surface area contributed by atoms with Gasteiger partial charge >= 0.3 is 6.18 Å². The van der Waals surface area contributed by atoms with Crippen molar-refractivity contribution in [3.8, 4) is 11.3 Å². The molecule has 0 bridgehead atoms. The Morgan fingerprint density at radius 1 is 1.15 bits per heavy atom. The number of benzene rings is 1. The van der Waals surface area contributed by atoms with Gasteiger partial charge in [-0.2, -0.15) is 22.8 Å². The molecule has 0 aliphatic rings. The molecule has 20 heavy (non-hydrogen) atoms. The van der Waals surface area contributed by atoms with Gasteiger partial charge in [0, 0.05) is 11.3 Å². The van der Waals surface area contributed by atoms with E-state index < -0.39 is 11.9 Å². The van der Waals surface area contributed by atoms with E-state index in [2.05, 4.69) is 15.1 Å². The van der Waals surface area contributed by atoms with Crippen LogP contribution in [0.25, 0.3) is 17.0 Å². The van der Waals surface area contributed by atoms with E-state index in [9.17, 15) is 13.2 Å². The third-order valence-corrected chi connectivity index (χ3v) is 2.71. The van der Waals surface area contributed by atoms with Crippen LogP contribution in [0.15, 0.2) is 36.7 Å². The van der Waals surface area contributed by atoms with Crippen molar-refractivity contribution in [2.45, 2.75) is 6.18 Å². The number of nitrogen functional groups attached to an aromatic ring is 1. The Morgan fingerprint density at radius 2 is 1.95 bits per heavy atom. The number of alkyl halides is 3. The second kappa shape index (κ2) is 4.19. The Bertz CT molecular complexity index is 778. The molecular weight excluding hydrogens is 271 g/mol. The molecule has 3 aromatic rings. The lowest BCUT2D eigenvalue weighted by Crippen LogP contribution is -2.11. The summed E-state index contributed by atoms with van der Waals surface area (Å²) in [5, 5.41) is 3.74. The maximum atomic E-state index is 12.5. The van der Waals surface area contributed by atoms with E-state index in [0.717, 1.165) is 0 Å². The van der Waals surface area contributed by atoms with Crippen molar-refractivity contribution in [3.63, 3.8) is 0 Å². The molecule has 0 radical (unpaired) electrons. The van der Waals surface area contributed by atoms with Gasteiger partial charge in [-0.1, -0.05) is 12.1 Å². The van der Waals surface area contributed by atoms with Crippen LogP contribution in [-0.2, 0) is 6.18 Å². The van der Waals surface area contributed by atoms with Gasteiger partial charge in [-0.25, -0.2) is 9.97 Å². The van der Waals surface area contributed by atoms with Gasteiger partial charge in [0.1, 0.15) is 0 Å². The molecule has 0 aliphatic heterocycles. The molecule has 2 aromatic heterocycles. The quantitative estimate of drug-likeness (QED) is 0.694. The molecular formula is C12H8F3N5. The largest absolute Gasteiger partial charge is 0.435 e. The van der Waals surface area contributed by atoms with Gasteiger partial charge < -0.3 is 5.73 Å². The molecule has 1 aromatic carbocycles. The van der Waals surface area contributed by atoms with Gasteiger partial charge in [-0.15, -0.1) is 0 Å². The number of halogens is 3. The van der Waals surface area contributed by atoms with Crippen LogP contribution >= 0.6 is 0 Å². The SMILES string of the molecule is Nc1cccc(-c2cnc3nc(C(F)(F)F)cnn23)c1. The van der Waals surface area contributed by atoms with Crippen molar-refractivity contribution < 1.29 is 13.2 Å². The summed E-state index contributed by atoms with van der Waals surface area (Å²) in [5.74, 6) is -0.114. The van der Waals surface area contributed by atoms with E-state index >= 15 is 0 Å². The van der Waals surface area contributed by atoms with Gasteiger partial charge in [-0.3, -0.25) is 0 Å². The van der Waals surface area contributed by atoms with E-state index in [0.29, 0.717) is 23.1 Å². The zero-order chi connectivity index (χ0) is 14.3. The minimum absolute atomic E-state index is 0.114. The topological polar surface area (TPSA) is 69.1 Å². The molecule has 2 N–H and O–H groups in total. The van der Waals surface area contributed by atoms with E-state index in [-0.39, 0.29) is 5.78 Å². The van der Waals surface area contributed by atoms with Crippen molar-refractivity contribution in [2.24, 2.45) is 0 Å². The predicted molar refractivity (Wildman–Crippen MR) is 65.6 cm³/mol. The van der Waals surface area contributed by atoms with Crippen LogP contribution in [0.1, 0.15) is 5.69 Å². The number of aromatic nitrogens is 4. The number of imidazole rings is 1. The number of rotatable bonds is 1. The average molecular weight is 279 g/mol. The minimum atomic E-state index is -4.54. The first-order chi connectivity index (χ1) is 9.45. The first kappa shape index (κ1) is 12.4. The lowest BCUT2D eigenvalue weighted by molar-refractivity contribution is -0.141. The van der Waals surface area contributed by atoms with E-state index in [1.54, 1.807) is 24.3 Å². The standard InChI is InChI=1S/C12H8F3N5/c13-12(14,15)10-6-18-20-9(5-17-11(20)19-10)7-2-1-3-8(16)4-7/h1-6H,16H2. The van der Waals surface area contributed by atoms with Crippen molar-refractivity contribution in [1.82, 2.24) is 19.6 Å². The lowest BCUT2D eigenvalue weighted by atomic mass is 10.1. The summed E-state index contributed by atoms with van der Waals surface area (Å²) in [6, 6.07) is 6.89. The zero-order valence-electron chi connectivity index (χ0n) is 9.96. The Hall–Kier alpha value is -2.64. The normalized spacial score (nSPS) is 11.9. The molecule has 0 saturated heterocycles. The monoisotopic (exact) mass is 279 g/mol. The molecule has 0 saturated carbocycles. The number of nitrogens with two attached hydrogens (primary N) is 1. The highest BCUT2D eigenvalue weighted by Gasteiger charge is 2.33. The molecule has 0 fully saturated rings. The highest BCUT2D eigenvalue weighted by Crippen LogP contribution is 2.28. The van der Waals surface area contributed by atoms with Crippen LogP contribution in [0.2, 0.25) is 0 Å². The Morgan fingerprint density at radius 3 is 2.65 bits per heavy atom. The Balaban J connectivity index is 2.15. The zero-order valence-corrected chi connectivity index (χ0v) is 9.96. The van der Waals surface area contributed by atoms with Crippen LogP contribution < -0.4 is 5.73 Å². The van der Waals surface area contributed by atoms with Crippen LogP contribution in [0.3, 0.4) is 0 Å². The third-order valence-electron chi connectivity index (χ3n) is 2.71.